The average molecular weight is 423 g/mol. The van der Waals surface area contributed by atoms with Crippen molar-refractivity contribution in [1.29, 1.82) is 0 Å². The van der Waals surface area contributed by atoms with E-state index in [9.17, 15) is 4.79 Å². The van der Waals surface area contributed by atoms with E-state index in [2.05, 4.69) is 49.2 Å². The van der Waals surface area contributed by atoms with Gasteiger partial charge in [-0.1, -0.05) is 0 Å². The van der Waals surface area contributed by atoms with Crippen LogP contribution >= 0.6 is 38.5 Å². The Kier molecular flexibility index (Phi) is 5.44. The van der Waals surface area contributed by atoms with Gasteiger partial charge < -0.3 is 10.6 Å². The molecule has 2 N–H and O–H groups in total. The Bertz CT molecular complexity index is 431. The molecule has 3 nitrogen and oxygen atoms in total. The van der Waals surface area contributed by atoms with Crippen LogP contribution < -0.4 is 10.6 Å². The van der Waals surface area contributed by atoms with Crippen molar-refractivity contribution in [2.24, 2.45) is 0 Å². The quantitative estimate of drug-likeness (QED) is 0.719. The molecule has 1 aromatic carbocycles. The van der Waals surface area contributed by atoms with Gasteiger partial charge in [-0.25, -0.2) is 0 Å². The molecule has 0 aromatic heterocycles. The summed E-state index contributed by atoms with van der Waals surface area (Å²) >= 11 is 5.66. The van der Waals surface area contributed by atoms with Gasteiger partial charge in [0, 0.05) is 14.1 Å². The van der Waals surface area contributed by atoms with Gasteiger partial charge in [-0.05, 0) is 89.1 Å². The fraction of sp³-hybridized carbons (Fsp3) is 0.462. The lowest BCUT2D eigenvalue weighted by molar-refractivity contribution is 0.0933. The van der Waals surface area contributed by atoms with Gasteiger partial charge >= 0.3 is 0 Å². The molecule has 1 aromatic rings. The second kappa shape index (κ2) is 6.86. The fourth-order valence-electron chi connectivity index (χ4n) is 2.10. The predicted octanol–water partition coefficient (Wildman–Crippen LogP) is 2.93. The Morgan fingerprint density at radius 3 is 3.06 bits per heavy atom. The molecule has 0 aliphatic carbocycles. The van der Waals surface area contributed by atoms with Crippen molar-refractivity contribution in [2.45, 2.75) is 25.3 Å². The molecule has 2 rings (SSSR count). The van der Waals surface area contributed by atoms with Crippen LogP contribution in [0.2, 0.25) is 0 Å². The van der Waals surface area contributed by atoms with Crippen LogP contribution in [-0.4, -0.2) is 25.0 Å². The zero-order valence-electron chi connectivity index (χ0n) is 10.0. The van der Waals surface area contributed by atoms with E-state index in [1.54, 1.807) is 0 Å². The van der Waals surface area contributed by atoms with Crippen LogP contribution in [0.5, 0.6) is 0 Å². The van der Waals surface area contributed by atoms with Crippen LogP contribution in [0.15, 0.2) is 22.7 Å². The summed E-state index contributed by atoms with van der Waals surface area (Å²) in [5.41, 5.74) is 0.721. The van der Waals surface area contributed by atoms with E-state index in [-0.39, 0.29) is 11.9 Å². The number of benzene rings is 1. The van der Waals surface area contributed by atoms with Crippen molar-refractivity contribution < 1.29 is 4.79 Å². The third kappa shape index (κ3) is 3.93. The largest absolute Gasteiger partial charge is 0.349 e. The lowest BCUT2D eigenvalue weighted by Crippen LogP contribution is -2.35. The van der Waals surface area contributed by atoms with Gasteiger partial charge in [-0.15, -0.1) is 0 Å². The van der Waals surface area contributed by atoms with Crippen molar-refractivity contribution in [3.8, 4) is 0 Å². The maximum absolute atomic E-state index is 12.2. The number of hydrogen-bond donors (Lipinski definition) is 2. The van der Waals surface area contributed by atoms with Crippen molar-refractivity contribution in [1.82, 2.24) is 10.6 Å². The van der Waals surface area contributed by atoms with Gasteiger partial charge in [-0.3, -0.25) is 4.79 Å². The van der Waals surface area contributed by atoms with Crippen LogP contribution in [0, 0.1) is 3.57 Å². The molecule has 1 unspecified atom stereocenters. The van der Waals surface area contributed by atoms with E-state index >= 15 is 0 Å². The minimum Gasteiger partial charge on any atom is -0.349 e. The van der Waals surface area contributed by atoms with Gasteiger partial charge in [-0.2, -0.15) is 0 Å². The van der Waals surface area contributed by atoms with E-state index in [4.69, 9.17) is 0 Å². The molecular formula is C13H16BrIN2O. The smallest absolute Gasteiger partial charge is 0.252 e. The topological polar surface area (TPSA) is 41.1 Å². The van der Waals surface area contributed by atoms with Crippen molar-refractivity contribution in [3.05, 3.63) is 31.8 Å². The zero-order chi connectivity index (χ0) is 13.0. The Hall–Kier alpha value is -0.140. The van der Waals surface area contributed by atoms with E-state index in [0.29, 0.717) is 0 Å². The second-order valence-corrected chi connectivity index (χ2v) is 6.58. The number of carbonyl (C=O) groups excluding carboxylic acids is 1. The van der Waals surface area contributed by atoms with Crippen LogP contribution in [-0.2, 0) is 0 Å². The van der Waals surface area contributed by atoms with E-state index in [0.717, 1.165) is 46.0 Å². The molecular weight excluding hydrogens is 407 g/mol. The van der Waals surface area contributed by atoms with Crippen LogP contribution in [0.3, 0.4) is 0 Å². The fourth-order valence-corrected chi connectivity index (χ4v) is 3.02. The molecule has 1 aliphatic heterocycles. The summed E-state index contributed by atoms with van der Waals surface area (Å²) in [5.74, 6) is 0.0206. The molecule has 1 aliphatic rings. The van der Waals surface area contributed by atoms with Gasteiger partial charge in [0.1, 0.15) is 0 Å². The summed E-state index contributed by atoms with van der Waals surface area (Å²) in [6, 6.07) is 6.11. The monoisotopic (exact) mass is 422 g/mol. The first kappa shape index (κ1) is 14.3. The average Bonchev–Trinajstić information content (AvgIpc) is 2.61. The maximum Gasteiger partial charge on any atom is 0.252 e. The molecule has 1 fully saturated rings. The van der Waals surface area contributed by atoms with E-state index in [1.807, 2.05) is 18.2 Å². The number of hydrogen-bond acceptors (Lipinski definition) is 2. The summed E-state index contributed by atoms with van der Waals surface area (Å²) in [4.78, 5) is 12.2. The summed E-state index contributed by atoms with van der Waals surface area (Å²) in [7, 11) is 0. The highest BCUT2D eigenvalue weighted by Gasteiger charge is 2.17. The number of rotatable bonds is 2. The Labute approximate surface area is 129 Å². The standard InChI is InChI=1S/C13H16BrIN2O/c14-12-4-3-9(15)8-11(12)13(18)17-10-2-1-6-16-7-5-10/h3-4,8,10,16H,1-2,5-7H2,(H,17,18). The molecule has 98 valence electrons. The minimum absolute atomic E-state index is 0.0206. The third-order valence-electron chi connectivity index (χ3n) is 3.08. The SMILES string of the molecule is O=C(NC1CCCNCC1)c1cc(I)ccc1Br. The molecule has 5 heteroatoms. The molecule has 0 radical (unpaired) electrons. The van der Waals surface area contributed by atoms with Crippen molar-refractivity contribution in [3.63, 3.8) is 0 Å². The molecule has 1 saturated heterocycles. The Morgan fingerprint density at radius 2 is 2.22 bits per heavy atom. The number of carbonyl (C=O) groups is 1. The van der Waals surface area contributed by atoms with Gasteiger partial charge in [0.15, 0.2) is 0 Å². The molecule has 0 bridgehead atoms. The Balaban J connectivity index is 2.04. The lowest BCUT2D eigenvalue weighted by Gasteiger charge is -2.16. The number of nitrogens with one attached hydrogen (secondary N) is 2. The van der Waals surface area contributed by atoms with Crippen molar-refractivity contribution in [2.75, 3.05) is 13.1 Å². The Morgan fingerprint density at radius 1 is 1.39 bits per heavy atom. The summed E-state index contributed by atoms with van der Waals surface area (Å²) < 4.78 is 1.93. The van der Waals surface area contributed by atoms with Crippen LogP contribution in [0.1, 0.15) is 29.6 Å². The number of halogens is 2. The molecule has 0 saturated carbocycles. The highest BCUT2D eigenvalue weighted by molar-refractivity contribution is 14.1. The van der Waals surface area contributed by atoms with E-state index in [1.165, 1.54) is 0 Å². The summed E-state index contributed by atoms with van der Waals surface area (Å²) in [6.07, 6.45) is 3.19. The zero-order valence-corrected chi connectivity index (χ0v) is 13.8. The van der Waals surface area contributed by atoms with Crippen molar-refractivity contribution >= 4 is 44.4 Å². The van der Waals surface area contributed by atoms with Gasteiger partial charge in [0.25, 0.3) is 5.91 Å². The first-order valence-corrected chi connectivity index (χ1v) is 8.00. The molecule has 1 heterocycles. The normalized spacial score (nSPS) is 20.2. The van der Waals surface area contributed by atoms with Gasteiger partial charge in [0.05, 0.1) is 5.56 Å². The predicted molar refractivity (Wildman–Crippen MR) is 84.8 cm³/mol. The first-order valence-electron chi connectivity index (χ1n) is 6.13. The first-order chi connectivity index (χ1) is 8.66. The highest BCUT2D eigenvalue weighted by Crippen LogP contribution is 2.20. The summed E-state index contributed by atoms with van der Waals surface area (Å²) in [6.45, 7) is 2.04. The molecule has 1 amide bonds. The molecule has 0 spiro atoms. The van der Waals surface area contributed by atoms with Gasteiger partial charge in [0.2, 0.25) is 0 Å². The third-order valence-corrected chi connectivity index (χ3v) is 4.45. The summed E-state index contributed by atoms with van der Waals surface area (Å²) in [5, 5.41) is 6.48. The minimum atomic E-state index is 0.0206. The maximum atomic E-state index is 12.2. The second-order valence-electron chi connectivity index (χ2n) is 4.48. The molecule has 18 heavy (non-hydrogen) atoms. The van der Waals surface area contributed by atoms with Crippen LogP contribution in [0.4, 0.5) is 0 Å². The highest BCUT2D eigenvalue weighted by atomic mass is 127. The van der Waals surface area contributed by atoms with Crippen LogP contribution in [0.25, 0.3) is 0 Å². The number of amides is 1. The lowest BCUT2D eigenvalue weighted by atomic mass is 10.1. The van der Waals surface area contributed by atoms with E-state index < -0.39 is 0 Å². The molecule has 1 atom stereocenters.